The summed E-state index contributed by atoms with van der Waals surface area (Å²) in [6.07, 6.45) is 11.6. The van der Waals surface area contributed by atoms with Gasteiger partial charge in [0.2, 0.25) is 0 Å². The zero-order valence-corrected chi connectivity index (χ0v) is 21.9. The monoisotopic (exact) mass is 478 g/mol. The fourth-order valence-electron chi connectivity index (χ4n) is 2.56. The number of carbonyl (C=O) groups excluding carboxylic acids is 4. The molecule has 0 aromatic rings. The average molecular weight is 479 g/mol. The number of rotatable bonds is 16. The van der Waals surface area contributed by atoms with E-state index in [0.717, 1.165) is 63.5 Å². The van der Waals surface area contributed by atoms with Gasteiger partial charge in [-0.25, -0.2) is 9.59 Å². The second-order valence-electron chi connectivity index (χ2n) is 7.40. The third-order valence-corrected chi connectivity index (χ3v) is 4.72. The second kappa shape index (κ2) is 24.8. The number of hydrogen-bond acceptors (Lipinski definition) is 8. The predicted octanol–water partition coefficient (Wildman–Crippen LogP) is 1.72. The third kappa shape index (κ3) is 26.3. The van der Waals surface area contributed by atoms with Crippen molar-refractivity contribution in [3.63, 3.8) is 0 Å². The van der Waals surface area contributed by atoms with Gasteiger partial charge in [-0.15, -0.1) is 0 Å². The first-order valence-electron chi connectivity index (χ1n) is 11.3. The van der Waals surface area contributed by atoms with Crippen molar-refractivity contribution in [3.05, 3.63) is 24.3 Å². The Balaban J connectivity index is -0.000000529. The largest absolute Gasteiger partial charge is 2.00 e. The van der Waals surface area contributed by atoms with E-state index >= 15 is 0 Å². The Morgan fingerprint density at radius 3 is 1.24 bits per heavy atom. The van der Waals surface area contributed by atoms with Crippen molar-refractivity contribution in [1.82, 2.24) is 0 Å². The standard InChI is InChI=1S/2C12H20O4.Mg/c2*1-3-5-6-10(4-2)9-16-12(15)8-7-11(13)14;/h2*7-8,10H,3-6,9H2,1-2H3,(H,13,14);/q;;+2/p-2. The molecule has 8 nitrogen and oxygen atoms in total. The van der Waals surface area contributed by atoms with E-state index in [9.17, 15) is 29.4 Å². The quantitative estimate of drug-likeness (QED) is 0.186. The molecule has 0 bridgehead atoms. The van der Waals surface area contributed by atoms with Crippen LogP contribution in [0.15, 0.2) is 24.3 Å². The van der Waals surface area contributed by atoms with Crippen LogP contribution in [0.4, 0.5) is 0 Å². The van der Waals surface area contributed by atoms with Crippen molar-refractivity contribution >= 4 is 46.9 Å². The topological polar surface area (TPSA) is 133 Å². The molecule has 0 saturated carbocycles. The van der Waals surface area contributed by atoms with Crippen LogP contribution in [0.2, 0.25) is 0 Å². The van der Waals surface area contributed by atoms with E-state index in [0.29, 0.717) is 37.2 Å². The van der Waals surface area contributed by atoms with E-state index in [4.69, 9.17) is 9.47 Å². The van der Waals surface area contributed by atoms with Crippen LogP contribution in [0.25, 0.3) is 0 Å². The molecule has 0 fully saturated rings. The fourth-order valence-corrected chi connectivity index (χ4v) is 2.56. The summed E-state index contributed by atoms with van der Waals surface area (Å²) in [5.41, 5.74) is 0. The van der Waals surface area contributed by atoms with Crippen LogP contribution in [-0.2, 0) is 28.7 Å². The van der Waals surface area contributed by atoms with Gasteiger partial charge in [0.25, 0.3) is 0 Å². The maximum absolute atomic E-state index is 11.0. The Labute approximate surface area is 213 Å². The summed E-state index contributed by atoms with van der Waals surface area (Å²) in [6, 6.07) is 0. The molecule has 0 N–H and O–H groups in total. The summed E-state index contributed by atoms with van der Waals surface area (Å²) in [6.45, 7) is 9.03. The first-order chi connectivity index (χ1) is 15.2. The molecule has 2 unspecified atom stereocenters. The number of esters is 2. The van der Waals surface area contributed by atoms with Gasteiger partial charge in [0, 0.05) is 12.2 Å². The van der Waals surface area contributed by atoms with Gasteiger partial charge in [-0.3, -0.25) is 0 Å². The number of hydrogen-bond donors (Lipinski definition) is 0. The molecule has 0 aliphatic carbocycles. The molecule has 0 rings (SSSR count). The van der Waals surface area contributed by atoms with Gasteiger partial charge < -0.3 is 29.3 Å². The Bertz CT molecular complexity index is 549. The molecule has 0 aromatic carbocycles. The molecule has 0 aromatic heterocycles. The summed E-state index contributed by atoms with van der Waals surface area (Å²) >= 11 is 0. The van der Waals surface area contributed by atoms with E-state index in [1.54, 1.807) is 0 Å². The Morgan fingerprint density at radius 1 is 0.667 bits per heavy atom. The first-order valence-corrected chi connectivity index (χ1v) is 11.3. The van der Waals surface area contributed by atoms with Gasteiger partial charge in [-0.2, -0.15) is 0 Å². The molecular formula is C24H38MgO8. The Morgan fingerprint density at radius 2 is 1.00 bits per heavy atom. The molecule has 0 heterocycles. The van der Waals surface area contributed by atoms with Crippen molar-refractivity contribution in [2.45, 2.75) is 79.1 Å². The second-order valence-corrected chi connectivity index (χ2v) is 7.40. The van der Waals surface area contributed by atoms with E-state index in [1.165, 1.54) is 0 Å². The average Bonchev–Trinajstić information content (AvgIpc) is 2.76. The molecule has 0 saturated heterocycles. The molecule has 2 atom stereocenters. The van der Waals surface area contributed by atoms with E-state index < -0.39 is 23.9 Å². The number of carbonyl (C=O) groups is 4. The van der Waals surface area contributed by atoms with Crippen LogP contribution in [-0.4, -0.2) is 60.1 Å². The molecule has 0 radical (unpaired) electrons. The van der Waals surface area contributed by atoms with E-state index in [2.05, 4.69) is 13.8 Å². The maximum atomic E-state index is 11.0. The minimum atomic E-state index is -1.39. The Hall–Kier alpha value is -1.87. The number of carboxylic acids is 2. The van der Waals surface area contributed by atoms with Crippen molar-refractivity contribution in [2.75, 3.05) is 13.2 Å². The Kier molecular flexibility index (Phi) is 26.8. The van der Waals surface area contributed by atoms with Crippen molar-refractivity contribution in [2.24, 2.45) is 11.8 Å². The summed E-state index contributed by atoms with van der Waals surface area (Å²) in [5, 5.41) is 20.1. The number of ether oxygens (including phenoxy) is 2. The van der Waals surface area contributed by atoms with Crippen LogP contribution in [0.1, 0.15) is 79.1 Å². The van der Waals surface area contributed by atoms with Crippen LogP contribution >= 0.6 is 0 Å². The van der Waals surface area contributed by atoms with Gasteiger partial charge in [-0.05, 0) is 36.8 Å². The molecule has 0 amide bonds. The maximum Gasteiger partial charge on any atom is 2.00 e. The first kappa shape index (κ1) is 35.7. The number of carboxylic acid groups (broad SMARTS) is 2. The van der Waals surface area contributed by atoms with Crippen molar-refractivity contribution < 1.29 is 38.9 Å². The SMILES string of the molecule is CCCCC(CC)COC(=O)C=CC(=O)[O-].CCCCC(CC)COC(=O)C=CC(=O)[O-].[Mg+2]. The normalized spacial score (nSPS) is 12.2. The van der Waals surface area contributed by atoms with E-state index in [-0.39, 0.29) is 23.1 Å². The van der Waals surface area contributed by atoms with Gasteiger partial charge in [0.15, 0.2) is 0 Å². The van der Waals surface area contributed by atoms with Crippen molar-refractivity contribution in [3.8, 4) is 0 Å². The molecule has 33 heavy (non-hydrogen) atoms. The zero-order chi connectivity index (χ0) is 24.8. The molecule has 9 heteroatoms. The molecule has 0 spiro atoms. The summed E-state index contributed by atoms with van der Waals surface area (Å²) in [4.78, 5) is 42.2. The predicted molar refractivity (Wildman–Crippen MR) is 123 cm³/mol. The zero-order valence-electron chi connectivity index (χ0n) is 20.5. The number of aliphatic carboxylic acids is 2. The van der Waals surface area contributed by atoms with Gasteiger partial charge in [-0.1, -0.05) is 66.2 Å². The fraction of sp³-hybridized carbons (Fsp3) is 0.667. The summed E-state index contributed by atoms with van der Waals surface area (Å²) in [5.74, 6) is -3.32. The van der Waals surface area contributed by atoms with Crippen LogP contribution in [0, 0.1) is 11.8 Å². The van der Waals surface area contributed by atoms with Crippen LogP contribution < -0.4 is 10.2 Å². The third-order valence-electron chi connectivity index (χ3n) is 4.72. The molecule has 0 aliphatic rings. The molecule has 184 valence electrons. The summed E-state index contributed by atoms with van der Waals surface area (Å²) in [7, 11) is 0. The van der Waals surface area contributed by atoms with Gasteiger partial charge >= 0.3 is 35.0 Å². The molecular weight excluding hydrogens is 441 g/mol. The van der Waals surface area contributed by atoms with E-state index in [1.807, 2.05) is 13.8 Å². The van der Waals surface area contributed by atoms with Gasteiger partial charge in [0.1, 0.15) is 0 Å². The summed E-state index contributed by atoms with van der Waals surface area (Å²) < 4.78 is 9.85. The minimum absolute atomic E-state index is 0. The number of unbranched alkanes of at least 4 members (excludes halogenated alkanes) is 2. The van der Waals surface area contributed by atoms with Crippen LogP contribution in [0.3, 0.4) is 0 Å². The van der Waals surface area contributed by atoms with Crippen molar-refractivity contribution in [1.29, 1.82) is 0 Å². The van der Waals surface area contributed by atoms with Crippen LogP contribution in [0.5, 0.6) is 0 Å². The minimum Gasteiger partial charge on any atom is -0.545 e. The molecule has 0 aliphatic heterocycles. The smallest absolute Gasteiger partial charge is 0.545 e. The van der Waals surface area contributed by atoms with Gasteiger partial charge in [0.05, 0.1) is 25.2 Å².